The lowest BCUT2D eigenvalue weighted by Crippen LogP contribution is -2.30. The molecule has 14 nitrogen and oxygen atoms in total. The van der Waals surface area contributed by atoms with Gasteiger partial charge in [0.05, 0.1) is 32.0 Å². The Morgan fingerprint density at radius 1 is 0.607 bits per heavy atom. The number of epoxide rings is 1. The average Bonchev–Trinajstić information content (AvgIpc) is 3.91. The summed E-state index contributed by atoms with van der Waals surface area (Å²) in [6.07, 6.45) is 30.6. The normalized spacial score (nSPS) is 18.0. The van der Waals surface area contributed by atoms with Crippen LogP contribution >= 0.6 is 15.6 Å². The van der Waals surface area contributed by atoms with Gasteiger partial charge in [0, 0.05) is 12.8 Å². The average molecular weight is 841 g/mol. The maximum absolute atomic E-state index is 12.6. The molecular formula is C40H74O14P2. The topological polar surface area (TPSA) is 208 Å². The molecular weight excluding hydrogens is 766 g/mol. The van der Waals surface area contributed by atoms with Gasteiger partial charge >= 0.3 is 27.6 Å². The van der Waals surface area contributed by atoms with Gasteiger partial charge in [-0.25, -0.2) is 9.13 Å². The van der Waals surface area contributed by atoms with Crippen LogP contribution in [0.2, 0.25) is 0 Å². The number of hydrogen-bond donors (Lipinski definition) is 4. The lowest BCUT2D eigenvalue weighted by Gasteiger charge is -2.20. The summed E-state index contributed by atoms with van der Waals surface area (Å²) in [4.78, 5) is 52.6. The first kappa shape index (κ1) is 52.6. The van der Waals surface area contributed by atoms with Gasteiger partial charge in [-0.05, 0) is 64.2 Å². The van der Waals surface area contributed by atoms with Crippen LogP contribution in [0.25, 0.3) is 0 Å². The third kappa shape index (κ3) is 33.5. The molecule has 0 aromatic carbocycles. The Bertz CT molecular complexity index is 1160. The SMILES string of the molecule is CCCCCC/C=C\CCCCCCCC(=O)O[C@H](COC(=O)CCCCCCC/C=C\CC1OC1CCCCC)COP(=O)(O)OC[C@@H](O)COP(=O)(O)O. The van der Waals surface area contributed by atoms with E-state index in [9.17, 15) is 28.7 Å². The number of ether oxygens (including phenoxy) is 3. The van der Waals surface area contributed by atoms with Crippen molar-refractivity contribution in [2.45, 2.75) is 192 Å². The summed E-state index contributed by atoms with van der Waals surface area (Å²) in [7, 11) is -9.67. The quantitative estimate of drug-likeness (QED) is 0.0150. The Hall–Kier alpha value is -1.44. The van der Waals surface area contributed by atoms with Crippen molar-refractivity contribution in [1.82, 2.24) is 0 Å². The van der Waals surface area contributed by atoms with Gasteiger partial charge in [0.1, 0.15) is 12.7 Å². The summed E-state index contributed by atoms with van der Waals surface area (Å²) in [5.41, 5.74) is 0. The molecule has 0 bridgehead atoms. The zero-order valence-corrected chi connectivity index (χ0v) is 36.0. The second-order valence-corrected chi connectivity index (χ2v) is 17.3. The first-order valence-electron chi connectivity index (χ1n) is 21.2. The second kappa shape index (κ2) is 33.4. The van der Waals surface area contributed by atoms with E-state index in [-0.39, 0.29) is 12.8 Å². The van der Waals surface area contributed by atoms with Crippen LogP contribution < -0.4 is 0 Å². The van der Waals surface area contributed by atoms with Crippen molar-refractivity contribution in [2.75, 3.05) is 26.4 Å². The Morgan fingerprint density at radius 2 is 1.11 bits per heavy atom. The van der Waals surface area contributed by atoms with E-state index in [0.29, 0.717) is 25.0 Å². The number of hydrogen-bond acceptors (Lipinski definition) is 11. The number of carbonyl (C=O) groups excluding carboxylic acids is 2. The van der Waals surface area contributed by atoms with Crippen LogP contribution in [-0.2, 0) is 46.5 Å². The fourth-order valence-electron chi connectivity index (χ4n) is 5.88. The molecule has 0 aliphatic carbocycles. The number of unbranched alkanes of at least 4 members (excludes halogenated alkanes) is 16. The molecule has 1 fully saturated rings. The molecule has 0 aromatic rings. The number of allylic oxidation sites excluding steroid dienone is 3. The van der Waals surface area contributed by atoms with Crippen LogP contribution in [0.15, 0.2) is 24.3 Å². The van der Waals surface area contributed by atoms with Gasteiger partial charge in [0.2, 0.25) is 0 Å². The molecule has 5 atom stereocenters. The monoisotopic (exact) mass is 840 g/mol. The molecule has 56 heavy (non-hydrogen) atoms. The van der Waals surface area contributed by atoms with E-state index in [2.05, 4.69) is 47.2 Å². The van der Waals surface area contributed by atoms with E-state index in [1.54, 1.807) is 0 Å². The maximum Gasteiger partial charge on any atom is 0.472 e. The van der Waals surface area contributed by atoms with Crippen molar-refractivity contribution < 1.29 is 66.3 Å². The van der Waals surface area contributed by atoms with Crippen molar-refractivity contribution in [3.63, 3.8) is 0 Å². The highest BCUT2D eigenvalue weighted by Gasteiger charge is 2.36. The standard InChI is InChI=1S/C40H74O14P2/c1-3-5-7-8-9-10-11-12-13-14-19-22-26-30-40(43)53-36(34-52-56(47,48)51-32-35(41)31-50-55(44,45)46)33-49-39(42)29-25-21-18-16-15-17-20-24-28-38-37(54-38)27-23-6-4-2/h10-11,20,24,35-38,41H,3-9,12-19,21-23,25-34H2,1-2H3,(H,47,48)(H2,44,45,46)/b11-10-,24-20-/t35-,36+,37?,38?/m0/s1. The van der Waals surface area contributed by atoms with Crippen LogP contribution in [0.4, 0.5) is 0 Å². The third-order valence-corrected chi connectivity index (χ3v) is 10.7. The highest BCUT2D eigenvalue weighted by atomic mass is 31.2. The Morgan fingerprint density at radius 3 is 1.71 bits per heavy atom. The van der Waals surface area contributed by atoms with E-state index in [1.165, 1.54) is 51.4 Å². The largest absolute Gasteiger partial charge is 0.472 e. The Balaban J connectivity index is 2.37. The van der Waals surface area contributed by atoms with Crippen molar-refractivity contribution in [1.29, 1.82) is 0 Å². The molecule has 0 saturated carbocycles. The number of phosphoric ester groups is 2. The number of carbonyl (C=O) groups is 2. The summed E-state index contributed by atoms with van der Waals surface area (Å²) in [5.74, 6) is -1.06. The Kier molecular flexibility index (Phi) is 31.4. The van der Waals surface area contributed by atoms with Gasteiger partial charge in [-0.2, -0.15) is 0 Å². The molecule has 1 rings (SSSR count). The number of rotatable bonds is 39. The molecule has 0 spiro atoms. The lowest BCUT2D eigenvalue weighted by molar-refractivity contribution is -0.161. The highest BCUT2D eigenvalue weighted by molar-refractivity contribution is 7.47. The summed E-state index contributed by atoms with van der Waals surface area (Å²) in [6.45, 7) is 1.68. The predicted octanol–water partition coefficient (Wildman–Crippen LogP) is 9.33. The summed E-state index contributed by atoms with van der Waals surface area (Å²) < 4.78 is 53.4. The summed E-state index contributed by atoms with van der Waals surface area (Å²) in [6, 6.07) is 0. The molecule has 0 radical (unpaired) electrons. The number of phosphoric acid groups is 2. The maximum atomic E-state index is 12.6. The van der Waals surface area contributed by atoms with Gasteiger partial charge < -0.3 is 34.0 Å². The fourth-order valence-corrected chi connectivity index (χ4v) is 7.03. The first-order valence-corrected chi connectivity index (χ1v) is 24.2. The molecule has 0 amide bonds. The minimum Gasteiger partial charge on any atom is -0.462 e. The zero-order chi connectivity index (χ0) is 41.3. The third-order valence-electron chi connectivity index (χ3n) is 9.23. The van der Waals surface area contributed by atoms with Crippen molar-refractivity contribution in [3.8, 4) is 0 Å². The minimum atomic E-state index is -4.86. The summed E-state index contributed by atoms with van der Waals surface area (Å²) >= 11 is 0. The smallest absolute Gasteiger partial charge is 0.462 e. The number of aliphatic hydroxyl groups is 1. The molecule has 328 valence electrons. The highest BCUT2D eigenvalue weighted by Crippen LogP contribution is 2.44. The van der Waals surface area contributed by atoms with Gasteiger partial charge in [-0.1, -0.05) is 115 Å². The van der Waals surface area contributed by atoms with Gasteiger partial charge in [-0.3, -0.25) is 23.2 Å². The Labute approximate surface area is 336 Å². The van der Waals surface area contributed by atoms with E-state index >= 15 is 0 Å². The number of esters is 2. The van der Waals surface area contributed by atoms with E-state index in [4.69, 9.17) is 28.5 Å². The zero-order valence-electron chi connectivity index (χ0n) is 34.2. The van der Waals surface area contributed by atoms with Crippen LogP contribution in [0.3, 0.4) is 0 Å². The van der Waals surface area contributed by atoms with Crippen molar-refractivity contribution in [2.24, 2.45) is 0 Å². The predicted molar refractivity (Wildman–Crippen MR) is 216 cm³/mol. The molecule has 16 heteroatoms. The molecule has 1 saturated heterocycles. The molecule has 1 heterocycles. The molecule has 3 unspecified atom stereocenters. The van der Waals surface area contributed by atoms with E-state index in [1.807, 2.05) is 0 Å². The molecule has 1 aliphatic rings. The summed E-state index contributed by atoms with van der Waals surface area (Å²) in [5, 5.41) is 9.73. The van der Waals surface area contributed by atoms with Crippen LogP contribution in [0.1, 0.15) is 168 Å². The first-order chi connectivity index (χ1) is 26.8. The molecule has 0 aromatic heterocycles. The lowest BCUT2D eigenvalue weighted by atomic mass is 10.1. The van der Waals surface area contributed by atoms with Gasteiger partial charge in [0.15, 0.2) is 6.10 Å². The van der Waals surface area contributed by atoms with Crippen LogP contribution in [0, 0.1) is 0 Å². The van der Waals surface area contributed by atoms with Crippen molar-refractivity contribution in [3.05, 3.63) is 24.3 Å². The van der Waals surface area contributed by atoms with E-state index in [0.717, 1.165) is 77.0 Å². The second-order valence-electron chi connectivity index (χ2n) is 14.6. The fraction of sp³-hybridized carbons (Fsp3) is 0.850. The van der Waals surface area contributed by atoms with Gasteiger partial charge in [-0.15, -0.1) is 0 Å². The van der Waals surface area contributed by atoms with Gasteiger partial charge in [0.25, 0.3) is 0 Å². The van der Waals surface area contributed by atoms with E-state index < -0.39 is 66.2 Å². The molecule has 1 aliphatic heterocycles. The minimum absolute atomic E-state index is 0.117. The van der Waals surface area contributed by atoms with Crippen molar-refractivity contribution >= 4 is 27.6 Å². The van der Waals surface area contributed by atoms with Crippen LogP contribution in [0.5, 0.6) is 0 Å². The number of aliphatic hydroxyl groups excluding tert-OH is 1. The molecule has 4 N–H and O–H groups in total. The van der Waals surface area contributed by atoms with Crippen LogP contribution in [-0.4, -0.2) is 82.6 Å².